The van der Waals surface area contributed by atoms with Crippen molar-refractivity contribution in [3.8, 4) is 5.69 Å². The van der Waals surface area contributed by atoms with Gasteiger partial charge in [0, 0.05) is 11.4 Å². The van der Waals surface area contributed by atoms with Crippen molar-refractivity contribution in [2.45, 2.75) is 20.4 Å². The number of aryl methyl sites for hydroxylation is 1. The van der Waals surface area contributed by atoms with Crippen LogP contribution in [-0.2, 0) is 16.1 Å². The summed E-state index contributed by atoms with van der Waals surface area (Å²) < 4.78 is 7.17. The van der Waals surface area contributed by atoms with Gasteiger partial charge >= 0.3 is 6.03 Å². The van der Waals surface area contributed by atoms with Gasteiger partial charge in [-0.15, -0.1) is 0 Å². The smallest absolute Gasteiger partial charge is 0.331 e. The number of carbonyl (C=O) groups is 3. The second-order valence-corrected chi connectivity index (χ2v) is 7.31. The van der Waals surface area contributed by atoms with Crippen LogP contribution in [0.2, 0.25) is 5.02 Å². The van der Waals surface area contributed by atoms with Gasteiger partial charge in [0.1, 0.15) is 11.3 Å². The van der Waals surface area contributed by atoms with Crippen LogP contribution >= 0.6 is 11.6 Å². The second-order valence-electron chi connectivity index (χ2n) is 6.90. The second kappa shape index (κ2) is 7.68. The van der Waals surface area contributed by atoms with Crippen molar-refractivity contribution in [3.05, 3.63) is 82.0 Å². The summed E-state index contributed by atoms with van der Waals surface area (Å²) in [6.45, 7) is 3.72. The summed E-state index contributed by atoms with van der Waals surface area (Å²) in [5, 5.41) is 2.80. The molecule has 4 amide bonds. The molecule has 1 fully saturated rings. The average Bonchev–Trinajstić information content (AvgIpc) is 3.31. The maximum atomic E-state index is 12.9. The average molecular weight is 424 g/mol. The number of benzene rings is 1. The molecule has 0 unspecified atom stereocenters. The van der Waals surface area contributed by atoms with Crippen molar-refractivity contribution < 1.29 is 18.8 Å². The van der Waals surface area contributed by atoms with Crippen molar-refractivity contribution in [1.82, 2.24) is 14.8 Å². The first-order valence-corrected chi connectivity index (χ1v) is 9.59. The first-order chi connectivity index (χ1) is 14.4. The number of halogens is 1. The van der Waals surface area contributed by atoms with E-state index in [0.29, 0.717) is 16.3 Å². The lowest BCUT2D eigenvalue weighted by atomic mass is 10.1. The summed E-state index contributed by atoms with van der Waals surface area (Å²) in [6.07, 6.45) is 2.95. The van der Waals surface area contributed by atoms with Gasteiger partial charge in [-0.05, 0) is 55.8 Å². The van der Waals surface area contributed by atoms with Crippen LogP contribution in [0.25, 0.3) is 11.8 Å². The lowest BCUT2D eigenvalue weighted by Crippen LogP contribution is -2.53. The number of hydrogen-bond donors (Lipinski definition) is 1. The third kappa shape index (κ3) is 3.44. The molecule has 7 nitrogen and oxygen atoms in total. The molecular weight excluding hydrogens is 406 g/mol. The Morgan fingerprint density at radius 1 is 1.10 bits per heavy atom. The number of aromatic nitrogens is 1. The van der Waals surface area contributed by atoms with Gasteiger partial charge in [0.05, 0.1) is 23.5 Å². The summed E-state index contributed by atoms with van der Waals surface area (Å²) in [5.74, 6) is -0.977. The van der Waals surface area contributed by atoms with E-state index < -0.39 is 17.8 Å². The highest BCUT2D eigenvalue weighted by Crippen LogP contribution is 2.28. The number of hydrogen-bond acceptors (Lipinski definition) is 4. The fraction of sp³-hybridized carbons (Fsp3) is 0.136. The molecule has 8 heteroatoms. The Hall–Kier alpha value is -3.58. The minimum Gasteiger partial charge on any atom is -0.467 e. The van der Waals surface area contributed by atoms with E-state index in [0.717, 1.165) is 22.0 Å². The van der Waals surface area contributed by atoms with Crippen LogP contribution in [0.1, 0.15) is 22.7 Å². The topological polar surface area (TPSA) is 84.6 Å². The number of carbonyl (C=O) groups excluding carboxylic acids is 3. The van der Waals surface area contributed by atoms with Gasteiger partial charge < -0.3 is 8.98 Å². The highest BCUT2D eigenvalue weighted by molar-refractivity contribution is 6.32. The normalized spacial score (nSPS) is 15.8. The summed E-state index contributed by atoms with van der Waals surface area (Å²) in [5.41, 5.74) is 3.05. The molecule has 2 aromatic heterocycles. The number of amides is 4. The van der Waals surface area contributed by atoms with Gasteiger partial charge in [-0.25, -0.2) is 4.79 Å². The molecule has 30 heavy (non-hydrogen) atoms. The summed E-state index contributed by atoms with van der Waals surface area (Å²) in [4.78, 5) is 38.4. The molecule has 1 aliphatic heterocycles. The van der Waals surface area contributed by atoms with Gasteiger partial charge in [0.25, 0.3) is 11.8 Å². The zero-order valence-corrected chi connectivity index (χ0v) is 17.1. The maximum absolute atomic E-state index is 12.9. The van der Waals surface area contributed by atoms with Gasteiger partial charge in [-0.2, -0.15) is 0 Å². The maximum Gasteiger partial charge on any atom is 0.331 e. The molecule has 0 saturated carbocycles. The molecule has 0 radical (unpaired) electrons. The zero-order chi connectivity index (χ0) is 21.4. The molecule has 4 rings (SSSR count). The van der Waals surface area contributed by atoms with Crippen LogP contribution in [0.3, 0.4) is 0 Å². The van der Waals surface area contributed by atoms with E-state index in [9.17, 15) is 14.4 Å². The fourth-order valence-corrected chi connectivity index (χ4v) is 3.71. The van der Waals surface area contributed by atoms with Crippen LogP contribution in [0.5, 0.6) is 0 Å². The number of rotatable bonds is 4. The van der Waals surface area contributed by atoms with Crippen molar-refractivity contribution in [2.75, 3.05) is 0 Å². The molecule has 1 aromatic carbocycles. The molecule has 0 aliphatic carbocycles. The molecule has 152 valence electrons. The highest BCUT2D eigenvalue weighted by atomic mass is 35.5. The largest absolute Gasteiger partial charge is 0.467 e. The highest BCUT2D eigenvalue weighted by Gasteiger charge is 2.36. The molecule has 3 aromatic rings. The van der Waals surface area contributed by atoms with Crippen LogP contribution in [0.15, 0.2) is 58.7 Å². The number of urea groups is 1. The van der Waals surface area contributed by atoms with E-state index in [4.69, 9.17) is 16.0 Å². The molecule has 3 heterocycles. The molecule has 0 spiro atoms. The third-order valence-corrected chi connectivity index (χ3v) is 5.26. The predicted molar refractivity (Wildman–Crippen MR) is 111 cm³/mol. The minimum atomic E-state index is -0.778. The van der Waals surface area contributed by atoms with Crippen molar-refractivity contribution >= 4 is 35.5 Å². The number of furan rings is 1. The van der Waals surface area contributed by atoms with Crippen molar-refractivity contribution in [2.24, 2.45) is 0 Å². The number of nitrogens with one attached hydrogen (secondary N) is 1. The number of imide groups is 2. The number of barbiturate groups is 1. The lowest BCUT2D eigenvalue weighted by molar-refractivity contribution is -0.130. The zero-order valence-electron chi connectivity index (χ0n) is 16.3. The summed E-state index contributed by atoms with van der Waals surface area (Å²) >= 11 is 6.35. The van der Waals surface area contributed by atoms with Crippen LogP contribution in [0, 0.1) is 13.8 Å². The quantitative estimate of drug-likeness (QED) is 0.507. The Morgan fingerprint density at radius 3 is 2.57 bits per heavy atom. The molecule has 0 atom stereocenters. The Bertz CT molecular complexity index is 1190. The van der Waals surface area contributed by atoms with E-state index in [1.807, 2.05) is 42.7 Å². The molecule has 1 N–H and O–H groups in total. The van der Waals surface area contributed by atoms with E-state index >= 15 is 0 Å². The minimum absolute atomic E-state index is 0.0685. The Labute approximate surface area is 177 Å². The van der Waals surface area contributed by atoms with Crippen LogP contribution < -0.4 is 5.32 Å². The first kappa shape index (κ1) is 19.7. The van der Waals surface area contributed by atoms with Gasteiger partial charge in [-0.1, -0.05) is 23.7 Å². The predicted octanol–water partition coefficient (Wildman–Crippen LogP) is 4.00. The Balaban J connectivity index is 1.72. The number of nitrogens with zero attached hydrogens (tertiary/aromatic N) is 2. The van der Waals surface area contributed by atoms with Gasteiger partial charge in [0.2, 0.25) is 0 Å². The monoisotopic (exact) mass is 423 g/mol. The SMILES string of the molecule is Cc1cc(/C=C2\C(=O)NC(=O)N(Cc3ccco3)C2=O)c(C)n1-c1ccccc1Cl. The fourth-order valence-electron chi connectivity index (χ4n) is 3.49. The van der Waals surface area contributed by atoms with Crippen LogP contribution in [-0.4, -0.2) is 27.3 Å². The molecule has 1 saturated heterocycles. The van der Waals surface area contributed by atoms with Crippen molar-refractivity contribution in [3.63, 3.8) is 0 Å². The van der Waals surface area contributed by atoms with Crippen molar-refractivity contribution in [1.29, 1.82) is 0 Å². The standard InChI is InChI=1S/C22H18ClN3O4/c1-13-10-15(14(2)26(13)19-8-4-3-7-18(19)23)11-17-20(27)24-22(29)25(21(17)28)12-16-6-5-9-30-16/h3-11H,12H2,1-2H3,(H,24,27,29)/b17-11+. The van der Waals surface area contributed by atoms with Gasteiger partial charge in [0.15, 0.2) is 0 Å². The lowest BCUT2D eigenvalue weighted by Gasteiger charge is -2.25. The third-order valence-electron chi connectivity index (χ3n) is 4.94. The molecule has 0 bridgehead atoms. The summed E-state index contributed by atoms with van der Waals surface area (Å²) in [7, 11) is 0. The van der Waals surface area contributed by atoms with Gasteiger partial charge in [-0.3, -0.25) is 19.8 Å². The summed E-state index contributed by atoms with van der Waals surface area (Å²) in [6, 6.07) is 11.8. The van der Waals surface area contributed by atoms with E-state index in [2.05, 4.69) is 5.32 Å². The van der Waals surface area contributed by atoms with E-state index in [1.54, 1.807) is 18.2 Å². The first-order valence-electron chi connectivity index (χ1n) is 9.22. The Morgan fingerprint density at radius 2 is 1.87 bits per heavy atom. The van der Waals surface area contributed by atoms with Crippen LogP contribution in [0.4, 0.5) is 4.79 Å². The molecule has 1 aliphatic rings. The van der Waals surface area contributed by atoms with E-state index in [1.165, 1.54) is 12.3 Å². The Kier molecular flexibility index (Phi) is 5.05. The molecular formula is C22H18ClN3O4. The number of para-hydroxylation sites is 1. The van der Waals surface area contributed by atoms with E-state index in [-0.39, 0.29) is 12.1 Å².